The Kier molecular flexibility index (Phi) is 3.09. The van der Waals surface area contributed by atoms with Gasteiger partial charge in [-0.15, -0.1) is 11.3 Å². The SMILES string of the molecule is CC(N)c1ccc(F)cc1-c1cccc2ccsc12. The average Bonchev–Trinajstić information content (AvgIpc) is 2.86. The lowest BCUT2D eigenvalue weighted by molar-refractivity contribution is 0.626. The Balaban J connectivity index is 2.32. The van der Waals surface area contributed by atoms with Crippen LogP contribution in [0.2, 0.25) is 0 Å². The molecule has 0 saturated heterocycles. The van der Waals surface area contributed by atoms with E-state index in [4.69, 9.17) is 5.73 Å². The van der Waals surface area contributed by atoms with Crippen LogP contribution in [-0.4, -0.2) is 0 Å². The summed E-state index contributed by atoms with van der Waals surface area (Å²) in [4.78, 5) is 0. The fourth-order valence-electron chi connectivity index (χ4n) is 2.36. The molecule has 2 N–H and O–H groups in total. The van der Waals surface area contributed by atoms with Crippen molar-refractivity contribution in [1.82, 2.24) is 0 Å². The molecular weight excluding hydrogens is 257 g/mol. The predicted molar refractivity (Wildman–Crippen MR) is 79.8 cm³/mol. The molecule has 0 radical (unpaired) electrons. The molecule has 0 aliphatic rings. The Morgan fingerprint density at radius 2 is 1.95 bits per heavy atom. The highest BCUT2D eigenvalue weighted by molar-refractivity contribution is 7.17. The van der Waals surface area contributed by atoms with Gasteiger partial charge < -0.3 is 5.73 Å². The number of halogens is 1. The van der Waals surface area contributed by atoms with E-state index in [0.717, 1.165) is 16.7 Å². The Morgan fingerprint density at radius 1 is 1.11 bits per heavy atom. The molecule has 2 aromatic carbocycles. The second-order valence-electron chi connectivity index (χ2n) is 4.66. The largest absolute Gasteiger partial charge is 0.324 e. The first-order valence-electron chi connectivity index (χ1n) is 6.18. The fraction of sp³-hybridized carbons (Fsp3) is 0.125. The van der Waals surface area contributed by atoms with Gasteiger partial charge in [0.25, 0.3) is 0 Å². The van der Waals surface area contributed by atoms with Crippen molar-refractivity contribution in [2.45, 2.75) is 13.0 Å². The number of hydrogen-bond donors (Lipinski definition) is 1. The molecule has 96 valence electrons. The van der Waals surface area contributed by atoms with Crippen LogP contribution in [-0.2, 0) is 0 Å². The second kappa shape index (κ2) is 4.76. The van der Waals surface area contributed by atoms with Crippen molar-refractivity contribution < 1.29 is 4.39 Å². The van der Waals surface area contributed by atoms with E-state index < -0.39 is 0 Å². The molecule has 1 heterocycles. The van der Waals surface area contributed by atoms with Crippen molar-refractivity contribution in [1.29, 1.82) is 0 Å². The second-order valence-corrected chi connectivity index (χ2v) is 5.58. The highest BCUT2D eigenvalue weighted by Gasteiger charge is 2.13. The number of fused-ring (bicyclic) bond motifs is 1. The highest BCUT2D eigenvalue weighted by atomic mass is 32.1. The zero-order chi connectivity index (χ0) is 13.4. The number of rotatable bonds is 2. The Bertz CT molecular complexity index is 730. The van der Waals surface area contributed by atoms with E-state index in [2.05, 4.69) is 17.5 Å². The lowest BCUT2D eigenvalue weighted by Gasteiger charge is -2.14. The van der Waals surface area contributed by atoms with Crippen LogP contribution in [0.1, 0.15) is 18.5 Å². The summed E-state index contributed by atoms with van der Waals surface area (Å²) in [7, 11) is 0. The monoisotopic (exact) mass is 271 g/mol. The molecule has 3 heteroatoms. The third kappa shape index (κ3) is 2.15. The number of nitrogens with two attached hydrogens (primary N) is 1. The maximum absolute atomic E-state index is 13.6. The van der Waals surface area contributed by atoms with Gasteiger partial charge >= 0.3 is 0 Å². The molecule has 3 aromatic rings. The molecule has 1 unspecified atom stereocenters. The first kappa shape index (κ1) is 12.3. The maximum atomic E-state index is 13.6. The first-order valence-corrected chi connectivity index (χ1v) is 7.06. The molecule has 0 spiro atoms. The van der Waals surface area contributed by atoms with Crippen LogP contribution < -0.4 is 5.73 Å². The average molecular weight is 271 g/mol. The Morgan fingerprint density at radius 3 is 2.74 bits per heavy atom. The summed E-state index contributed by atoms with van der Waals surface area (Å²) in [6, 6.07) is 12.9. The fourth-order valence-corrected chi connectivity index (χ4v) is 3.29. The maximum Gasteiger partial charge on any atom is 0.123 e. The van der Waals surface area contributed by atoms with Crippen LogP contribution in [0, 0.1) is 5.82 Å². The molecule has 19 heavy (non-hydrogen) atoms. The van der Waals surface area contributed by atoms with E-state index in [1.54, 1.807) is 23.5 Å². The minimum Gasteiger partial charge on any atom is -0.324 e. The highest BCUT2D eigenvalue weighted by Crippen LogP contribution is 2.36. The number of hydrogen-bond acceptors (Lipinski definition) is 2. The van der Waals surface area contributed by atoms with Gasteiger partial charge in [-0.1, -0.05) is 24.3 Å². The van der Waals surface area contributed by atoms with Crippen LogP contribution in [0.5, 0.6) is 0 Å². The van der Waals surface area contributed by atoms with Gasteiger partial charge in [-0.2, -0.15) is 0 Å². The predicted octanol–water partition coefficient (Wildman–Crippen LogP) is 4.73. The molecule has 0 bridgehead atoms. The van der Waals surface area contributed by atoms with Crippen LogP contribution in [0.25, 0.3) is 21.2 Å². The molecule has 0 aliphatic heterocycles. The van der Waals surface area contributed by atoms with E-state index in [1.807, 2.05) is 19.1 Å². The third-order valence-electron chi connectivity index (χ3n) is 3.28. The van der Waals surface area contributed by atoms with Gasteiger partial charge in [-0.3, -0.25) is 0 Å². The standard InChI is InChI=1S/C16H14FNS/c1-10(18)13-6-5-12(17)9-15(13)14-4-2-3-11-7-8-19-16(11)14/h2-10H,18H2,1H3. The summed E-state index contributed by atoms with van der Waals surface area (Å²) in [5.41, 5.74) is 8.92. The van der Waals surface area contributed by atoms with Gasteiger partial charge in [0, 0.05) is 10.7 Å². The summed E-state index contributed by atoms with van der Waals surface area (Å²) in [5, 5.41) is 3.24. The van der Waals surface area contributed by atoms with E-state index in [9.17, 15) is 4.39 Å². The summed E-state index contributed by atoms with van der Waals surface area (Å²) in [6.45, 7) is 1.92. The van der Waals surface area contributed by atoms with Crippen molar-refractivity contribution >= 4 is 21.4 Å². The van der Waals surface area contributed by atoms with Crippen LogP contribution in [0.3, 0.4) is 0 Å². The minimum absolute atomic E-state index is 0.120. The Labute approximate surface area is 115 Å². The van der Waals surface area contributed by atoms with Crippen LogP contribution in [0.15, 0.2) is 47.8 Å². The van der Waals surface area contributed by atoms with E-state index in [-0.39, 0.29) is 11.9 Å². The summed E-state index contributed by atoms with van der Waals surface area (Å²) in [5.74, 6) is -0.229. The molecule has 1 aromatic heterocycles. The van der Waals surface area contributed by atoms with Gasteiger partial charge in [0.1, 0.15) is 5.82 Å². The van der Waals surface area contributed by atoms with Gasteiger partial charge in [-0.25, -0.2) is 4.39 Å². The molecule has 1 nitrogen and oxygen atoms in total. The topological polar surface area (TPSA) is 26.0 Å². The van der Waals surface area contributed by atoms with Gasteiger partial charge in [-0.05, 0) is 52.6 Å². The summed E-state index contributed by atoms with van der Waals surface area (Å²) >= 11 is 1.67. The van der Waals surface area contributed by atoms with Crippen molar-refractivity contribution in [3.8, 4) is 11.1 Å². The summed E-state index contributed by atoms with van der Waals surface area (Å²) < 4.78 is 14.8. The molecule has 0 fully saturated rings. The molecule has 0 amide bonds. The normalized spacial score (nSPS) is 12.8. The quantitative estimate of drug-likeness (QED) is 0.716. The Hall–Kier alpha value is -1.71. The van der Waals surface area contributed by atoms with Crippen molar-refractivity contribution in [2.24, 2.45) is 5.73 Å². The lowest BCUT2D eigenvalue weighted by atomic mass is 9.95. The third-order valence-corrected chi connectivity index (χ3v) is 4.24. The van der Waals surface area contributed by atoms with Gasteiger partial charge in [0.15, 0.2) is 0 Å². The molecule has 0 saturated carbocycles. The van der Waals surface area contributed by atoms with Crippen molar-refractivity contribution in [3.05, 3.63) is 59.2 Å². The zero-order valence-electron chi connectivity index (χ0n) is 10.6. The van der Waals surface area contributed by atoms with E-state index in [0.29, 0.717) is 0 Å². The molecule has 1 atom stereocenters. The van der Waals surface area contributed by atoms with Crippen LogP contribution >= 0.6 is 11.3 Å². The zero-order valence-corrected chi connectivity index (χ0v) is 11.4. The number of thiophene rings is 1. The first-order chi connectivity index (χ1) is 9.16. The summed E-state index contributed by atoms with van der Waals surface area (Å²) in [6.07, 6.45) is 0. The van der Waals surface area contributed by atoms with Crippen molar-refractivity contribution in [3.63, 3.8) is 0 Å². The van der Waals surface area contributed by atoms with E-state index in [1.165, 1.54) is 16.2 Å². The van der Waals surface area contributed by atoms with Crippen molar-refractivity contribution in [2.75, 3.05) is 0 Å². The van der Waals surface area contributed by atoms with Gasteiger partial charge in [0.2, 0.25) is 0 Å². The molecular formula is C16H14FNS. The van der Waals surface area contributed by atoms with Gasteiger partial charge in [0.05, 0.1) is 0 Å². The molecule has 3 rings (SSSR count). The number of benzene rings is 2. The smallest absolute Gasteiger partial charge is 0.123 e. The molecule has 0 aliphatic carbocycles. The lowest BCUT2D eigenvalue weighted by Crippen LogP contribution is -2.07. The van der Waals surface area contributed by atoms with E-state index >= 15 is 0 Å². The van der Waals surface area contributed by atoms with Crippen LogP contribution in [0.4, 0.5) is 4.39 Å². The minimum atomic E-state index is -0.229.